The number of hydrogen-bond acceptors (Lipinski definition) is 2. The molecule has 0 N–H and O–H groups in total. The molecule has 0 saturated heterocycles. The Labute approximate surface area is 107 Å². The van der Waals surface area contributed by atoms with Crippen molar-refractivity contribution in [3.05, 3.63) is 39.4 Å². The first-order chi connectivity index (χ1) is 7.70. The number of rotatable bonds is 4. The number of carbonyl (C=O) groups excluding carboxylic acids is 1. The molecule has 0 saturated carbocycles. The second-order valence-electron chi connectivity index (χ2n) is 2.64. The molecule has 86 valence electrons. The van der Waals surface area contributed by atoms with Crippen molar-refractivity contribution in [2.24, 2.45) is 0 Å². The maximum absolute atomic E-state index is 11.5. The molecule has 16 heavy (non-hydrogen) atoms. The predicted molar refractivity (Wildman–Crippen MR) is 73.3 cm³/mol. The fourth-order valence-electron chi connectivity index (χ4n) is 0.961. The van der Waals surface area contributed by atoms with E-state index in [1.807, 2.05) is 30.3 Å². The molecule has 0 aliphatic heterocycles. The Morgan fingerprint density at radius 3 is 2.62 bits per heavy atom. The van der Waals surface area contributed by atoms with Crippen LogP contribution < -0.4 is 0 Å². The van der Waals surface area contributed by atoms with Crippen LogP contribution in [-0.2, 0) is 9.53 Å². The number of benzene rings is 1. The predicted octanol–water partition coefficient (Wildman–Crippen LogP) is 2.86. The SMILES string of the molecule is CCOC(=O)C(=[N+]=[N-])I(Br)c1ccccc1. The van der Waals surface area contributed by atoms with Crippen molar-refractivity contribution < 1.29 is 14.3 Å². The molecule has 0 aliphatic rings. The quantitative estimate of drug-likeness (QED) is 0.258. The Morgan fingerprint density at radius 1 is 1.50 bits per heavy atom. The van der Waals surface area contributed by atoms with Gasteiger partial charge in [0, 0.05) is 0 Å². The molecule has 0 spiro atoms. The number of hydrogen-bond donors (Lipinski definition) is 0. The van der Waals surface area contributed by atoms with Gasteiger partial charge in [-0.05, 0) is 0 Å². The van der Waals surface area contributed by atoms with Gasteiger partial charge in [0.25, 0.3) is 0 Å². The molecule has 0 unspecified atom stereocenters. The van der Waals surface area contributed by atoms with E-state index in [1.54, 1.807) is 6.92 Å². The summed E-state index contributed by atoms with van der Waals surface area (Å²) in [5.74, 6) is -0.559. The van der Waals surface area contributed by atoms with Gasteiger partial charge in [-0.2, -0.15) is 0 Å². The van der Waals surface area contributed by atoms with Crippen molar-refractivity contribution >= 4 is 40.0 Å². The second-order valence-corrected chi connectivity index (χ2v) is 10.3. The number of ether oxygens (including phenoxy) is 1. The normalized spacial score (nSPS) is 10.2. The number of nitrogens with zero attached hydrogens (tertiary/aromatic N) is 2. The zero-order valence-corrected chi connectivity index (χ0v) is 12.3. The molecule has 4 nitrogen and oxygen atoms in total. The molecule has 0 atom stereocenters. The van der Waals surface area contributed by atoms with Gasteiger partial charge in [0.2, 0.25) is 0 Å². The Kier molecular flexibility index (Phi) is 5.65. The Hall–Kier alpha value is -0.720. The van der Waals surface area contributed by atoms with Crippen LogP contribution in [0, 0.1) is 3.57 Å². The molecule has 1 aromatic rings. The van der Waals surface area contributed by atoms with Crippen LogP contribution in [0.4, 0.5) is 0 Å². The third-order valence-corrected chi connectivity index (χ3v) is 9.21. The van der Waals surface area contributed by atoms with Crippen LogP contribution in [0.5, 0.6) is 0 Å². The van der Waals surface area contributed by atoms with Crippen LogP contribution in [0.15, 0.2) is 30.3 Å². The van der Waals surface area contributed by atoms with Gasteiger partial charge >= 0.3 is 107 Å². The van der Waals surface area contributed by atoms with Crippen LogP contribution >= 0.6 is 30.3 Å². The number of esters is 1. The summed E-state index contributed by atoms with van der Waals surface area (Å²) in [7, 11) is 0. The van der Waals surface area contributed by atoms with Gasteiger partial charge in [0.05, 0.1) is 0 Å². The van der Waals surface area contributed by atoms with E-state index in [0.717, 1.165) is 3.57 Å². The van der Waals surface area contributed by atoms with Crippen molar-refractivity contribution in [2.75, 3.05) is 6.61 Å². The van der Waals surface area contributed by atoms with Gasteiger partial charge in [-0.25, -0.2) is 0 Å². The minimum absolute atomic E-state index is 0.0947. The summed E-state index contributed by atoms with van der Waals surface area (Å²) in [4.78, 5) is 14.5. The van der Waals surface area contributed by atoms with Gasteiger partial charge in [-0.15, -0.1) is 0 Å². The topological polar surface area (TPSA) is 62.7 Å². The van der Waals surface area contributed by atoms with E-state index in [4.69, 9.17) is 10.3 Å². The van der Waals surface area contributed by atoms with E-state index in [2.05, 4.69) is 17.5 Å². The molecule has 6 heteroatoms. The van der Waals surface area contributed by atoms with Crippen LogP contribution in [0.3, 0.4) is 0 Å². The van der Waals surface area contributed by atoms with Crippen molar-refractivity contribution in [3.63, 3.8) is 0 Å². The molecule has 1 rings (SSSR count). The van der Waals surface area contributed by atoms with Crippen molar-refractivity contribution in [2.45, 2.75) is 6.92 Å². The van der Waals surface area contributed by atoms with Gasteiger partial charge < -0.3 is 0 Å². The van der Waals surface area contributed by atoms with Crippen LogP contribution in [0.1, 0.15) is 6.92 Å². The average Bonchev–Trinajstić information content (AvgIpc) is 2.31. The molecule has 0 aromatic heterocycles. The summed E-state index contributed by atoms with van der Waals surface area (Å²) in [6, 6.07) is 9.43. The van der Waals surface area contributed by atoms with Crippen LogP contribution in [0.25, 0.3) is 5.53 Å². The van der Waals surface area contributed by atoms with Crippen LogP contribution in [0.2, 0.25) is 0 Å². The van der Waals surface area contributed by atoms with E-state index in [9.17, 15) is 4.79 Å². The molecule has 0 radical (unpaired) electrons. The Balaban J connectivity index is 2.91. The van der Waals surface area contributed by atoms with Crippen LogP contribution in [-0.4, -0.2) is 21.1 Å². The van der Waals surface area contributed by atoms with Crippen molar-refractivity contribution in [3.8, 4) is 0 Å². The standard InChI is InChI=1S/C10H10BrIN2O2/c1-2-16-10(15)9(14-13)12(11)8-6-4-3-5-7-8/h3-7H,2H2,1H3. The zero-order chi connectivity index (χ0) is 12.0. The zero-order valence-electron chi connectivity index (χ0n) is 8.56. The summed E-state index contributed by atoms with van der Waals surface area (Å²) < 4.78 is 5.89. The summed E-state index contributed by atoms with van der Waals surface area (Å²) >= 11 is 1.34. The molecule has 0 fully saturated rings. The monoisotopic (exact) mass is 396 g/mol. The molecule has 0 amide bonds. The first-order valence-electron chi connectivity index (χ1n) is 4.51. The van der Waals surface area contributed by atoms with E-state index in [1.165, 1.54) is 0 Å². The average molecular weight is 397 g/mol. The van der Waals surface area contributed by atoms with E-state index >= 15 is 0 Å². The fourth-order valence-corrected chi connectivity index (χ4v) is 5.89. The fraction of sp³-hybridized carbons (Fsp3) is 0.200. The van der Waals surface area contributed by atoms with E-state index < -0.39 is 23.6 Å². The molecular weight excluding hydrogens is 387 g/mol. The van der Waals surface area contributed by atoms with E-state index in [-0.39, 0.29) is 10.3 Å². The summed E-state index contributed by atoms with van der Waals surface area (Å²) in [5.41, 5.74) is 8.85. The minimum atomic E-state index is -2.11. The van der Waals surface area contributed by atoms with Gasteiger partial charge in [-0.3, -0.25) is 0 Å². The summed E-state index contributed by atoms with van der Waals surface area (Å²) in [6.07, 6.45) is 0. The first-order valence-corrected chi connectivity index (χ1v) is 11.5. The molecule has 0 bridgehead atoms. The Morgan fingerprint density at radius 2 is 2.12 bits per heavy atom. The molecule has 0 heterocycles. The number of carbonyl (C=O) groups is 1. The summed E-state index contributed by atoms with van der Waals surface area (Å²) in [5, 5.41) is 0. The summed E-state index contributed by atoms with van der Waals surface area (Å²) in [6.45, 7) is 1.98. The van der Waals surface area contributed by atoms with Gasteiger partial charge in [-0.1, -0.05) is 0 Å². The molecular formula is C10H10BrIN2O2. The Bertz CT molecular complexity index is 418. The first kappa shape index (κ1) is 13.3. The third-order valence-electron chi connectivity index (χ3n) is 1.61. The van der Waals surface area contributed by atoms with Gasteiger partial charge in [0.1, 0.15) is 0 Å². The van der Waals surface area contributed by atoms with E-state index in [0.29, 0.717) is 0 Å². The second kappa shape index (κ2) is 6.78. The van der Waals surface area contributed by atoms with Crippen molar-refractivity contribution in [1.82, 2.24) is 0 Å². The number of halogens is 2. The maximum atomic E-state index is 11.5. The molecule has 0 aliphatic carbocycles. The third kappa shape index (κ3) is 3.40. The van der Waals surface area contributed by atoms with Gasteiger partial charge in [0.15, 0.2) is 0 Å². The molecule has 1 aromatic carbocycles. The van der Waals surface area contributed by atoms with Crippen molar-refractivity contribution in [1.29, 1.82) is 0 Å².